The first-order valence-corrected chi connectivity index (χ1v) is 3.84. The molecule has 0 saturated heterocycles. The summed E-state index contributed by atoms with van der Waals surface area (Å²) in [6.07, 6.45) is 3.25. The Morgan fingerprint density at radius 3 is 2.40 bits per heavy atom. The van der Waals surface area contributed by atoms with Crippen molar-refractivity contribution in [3.63, 3.8) is 0 Å². The van der Waals surface area contributed by atoms with Crippen LogP contribution in [0.2, 0.25) is 0 Å². The predicted molar refractivity (Wildman–Crippen MR) is 41.7 cm³/mol. The van der Waals surface area contributed by atoms with Crippen molar-refractivity contribution in [2.24, 2.45) is 11.8 Å². The molecule has 0 aromatic carbocycles. The average molecular weight is 138 g/mol. The molecular weight excluding hydrogens is 124 g/mol. The maximum Gasteiger partial charge on any atom is 0.155 e. The molecule has 0 heterocycles. The van der Waals surface area contributed by atoms with Crippen molar-refractivity contribution in [3.8, 4) is 0 Å². The van der Waals surface area contributed by atoms with Crippen molar-refractivity contribution < 1.29 is 4.79 Å². The Morgan fingerprint density at radius 1 is 1.60 bits per heavy atom. The summed E-state index contributed by atoms with van der Waals surface area (Å²) in [7, 11) is 0. The van der Waals surface area contributed by atoms with Crippen LogP contribution in [0.1, 0.15) is 27.2 Å². The highest BCUT2D eigenvalue weighted by atomic mass is 16.1. The van der Waals surface area contributed by atoms with Crippen LogP contribution in [0.5, 0.6) is 0 Å². The molecule has 0 unspecified atom stereocenters. The van der Waals surface area contributed by atoms with Crippen LogP contribution >= 0.6 is 0 Å². The number of Topliss-reactive ketones (excluding diaryl/α,β-unsaturated/α-hetero) is 1. The molecule has 0 saturated carbocycles. The zero-order valence-corrected chi connectivity index (χ0v) is 6.85. The van der Waals surface area contributed by atoms with Crippen molar-refractivity contribution in [2.75, 3.05) is 0 Å². The number of hydrogen-bond acceptors (Lipinski definition) is 1. The van der Waals surface area contributed by atoms with Crippen molar-refractivity contribution in [1.82, 2.24) is 0 Å². The predicted octanol–water partition coefficient (Wildman–Crippen LogP) is 2.18. The summed E-state index contributed by atoms with van der Waals surface area (Å²) in [5.41, 5.74) is 1.03. The van der Waals surface area contributed by atoms with Gasteiger partial charge in [0.25, 0.3) is 0 Å². The fourth-order valence-corrected chi connectivity index (χ4v) is 1.69. The monoisotopic (exact) mass is 138 g/mol. The fourth-order valence-electron chi connectivity index (χ4n) is 1.69. The van der Waals surface area contributed by atoms with E-state index >= 15 is 0 Å². The number of ketones is 1. The molecule has 2 atom stereocenters. The Hall–Kier alpha value is -0.590. The van der Waals surface area contributed by atoms with Crippen LogP contribution in [0.15, 0.2) is 11.6 Å². The lowest BCUT2D eigenvalue weighted by atomic mass is 10.0. The Labute approximate surface area is 62.1 Å². The first-order valence-electron chi connectivity index (χ1n) is 3.84. The molecule has 0 aliphatic heterocycles. The summed E-state index contributed by atoms with van der Waals surface area (Å²) in [4.78, 5) is 10.9. The van der Waals surface area contributed by atoms with Gasteiger partial charge in [-0.15, -0.1) is 0 Å². The van der Waals surface area contributed by atoms with Crippen LogP contribution in [-0.4, -0.2) is 5.78 Å². The number of carbonyl (C=O) groups excluding carboxylic acids is 1. The van der Waals surface area contributed by atoms with Gasteiger partial charge in [-0.3, -0.25) is 4.79 Å². The highest BCUT2D eigenvalue weighted by molar-refractivity contribution is 5.94. The maximum atomic E-state index is 10.9. The number of hydrogen-bond donors (Lipinski definition) is 0. The molecular formula is C9H14O. The van der Waals surface area contributed by atoms with Gasteiger partial charge in [0.15, 0.2) is 5.78 Å². The summed E-state index contributed by atoms with van der Waals surface area (Å²) in [5.74, 6) is 1.35. The summed E-state index contributed by atoms with van der Waals surface area (Å²) in [5, 5.41) is 0. The third-order valence-corrected chi connectivity index (χ3v) is 2.13. The number of allylic oxidation sites excluding steroid dienone is 2. The molecule has 10 heavy (non-hydrogen) atoms. The van der Waals surface area contributed by atoms with E-state index in [-0.39, 0.29) is 5.78 Å². The molecule has 1 aliphatic carbocycles. The Kier molecular flexibility index (Phi) is 1.93. The molecule has 1 aliphatic rings. The SMILES string of the molecule is CC(=O)C1=C[C@@H](C)C[C@@H]1C. The van der Waals surface area contributed by atoms with Crippen molar-refractivity contribution in [2.45, 2.75) is 27.2 Å². The minimum absolute atomic E-state index is 0.247. The van der Waals surface area contributed by atoms with Gasteiger partial charge >= 0.3 is 0 Å². The van der Waals surface area contributed by atoms with E-state index in [0.717, 1.165) is 12.0 Å². The molecule has 0 aromatic heterocycles. The Bertz CT molecular complexity index is 179. The molecule has 0 amide bonds. The van der Waals surface area contributed by atoms with E-state index in [1.54, 1.807) is 6.92 Å². The second-order valence-corrected chi connectivity index (χ2v) is 3.29. The van der Waals surface area contributed by atoms with Gasteiger partial charge in [-0.1, -0.05) is 19.9 Å². The minimum Gasteiger partial charge on any atom is -0.295 e. The van der Waals surface area contributed by atoms with Crippen molar-refractivity contribution in [1.29, 1.82) is 0 Å². The fraction of sp³-hybridized carbons (Fsp3) is 0.667. The lowest BCUT2D eigenvalue weighted by molar-refractivity contribution is -0.114. The molecule has 1 heteroatoms. The van der Waals surface area contributed by atoms with Crippen LogP contribution in [0.3, 0.4) is 0 Å². The van der Waals surface area contributed by atoms with Gasteiger partial charge in [0, 0.05) is 0 Å². The summed E-state index contributed by atoms with van der Waals surface area (Å²) in [6, 6.07) is 0. The normalized spacial score (nSPS) is 32.1. The van der Waals surface area contributed by atoms with E-state index in [0.29, 0.717) is 11.8 Å². The number of rotatable bonds is 1. The summed E-state index contributed by atoms with van der Waals surface area (Å²) < 4.78 is 0. The maximum absolute atomic E-state index is 10.9. The smallest absolute Gasteiger partial charge is 0.155 e. The Balaban J connectivity index is 2.75. The standard InChI is InChI=1S/C9H14O/c1-6-4-7(2)9(5-6)8(3)10/h5-7H,4H2,1-3H3/t6-,7-/m0/s1. The molecule has 56 valence electrons. The molecule has 0 N–H and O–H groups in total. The van der Waals surface area contributed by atoms with E-state index in [2.05, 4.69) is 19.9 Å². The van der Waals surface area contributed by atoms with Crippen LogP contribution in [0, 0.1) is 11.8 Å². The van der Waals surface area contributed by atoms with Gasteiger partial charge in [0.2, 0.25) is 0 Å². The van der Waals surface area contributed by atoms with Crippen molar-refractivity contribution >= 4 is 5.78 Å². The third kappa shape index (κ3) is 1.28. The number of carbonyl (C=O) groups is 1. The highest BCUT2D eigenvalue weighted by Gasteiger charge is 2.21. The molecule has 1 nitrogen and oxygen atoms in total. The second kappa shape index (κ2) is 2.57. The second-order valence-electron chi connectivity index (χ2n) is 3.29. The van der Waals surface area contributed by atoms with E-state index in [1.165, 1.54) is 0 Å². The third-order valence-electron chi connectivity index (χ3n) is 2.13. The first kappa shape index (κ1) is 7.52. The zero-order chi connectivity index (χ0) is 7.72. The van der Waals surface area contributed by atoms with Crippen LogP contribution in [-0.2, 0) is 4.79 Å². The molecule has 0 bridgehead atoms. The molecule has 0 fully saturated rings. The first-order chi connectivity index (χ1) is 4.61. The minimum atomic E-state index is 0.247. The summed E-state index contributed by atoms with van der Waals surface area (Å²) in [6.45, 7) is 5.93. The van der Waals surface area contributed by atoms with E-state index in [1.807, 2.05) is 0 Å². The van der Waals surface area contributed by atoms with Crippen molar-refractivity contribution in [3.05, 3.63) is 11.6 Å². The molecule has 0 aromatic rings. The Morgan fingerprint density at radius 2 is 2.20 bits per heavy atom. The summed E-state index contributed by atoms with van der Waals surface area (Å²) >= 11 is 0. The van der Waals surface area contributed by atoms with Gasteiger partial charge in [-0.2, -0.15) is 0 Å². The lowest BCUT2D eigenvalue weighted by Crippen LogP contribution is -2.01. The van der Waals surface area contributed by atoms with Gasteiger partial charge in [0.1, 0.15) is 0 Å². The largest absolute Gasteiger partial charge is 0.295 e. The van der Waals surface area contributed by atoms with Gasteiger partial charge in [0.05, 0.1) is 0 Å². The molecule has 1 rings (SSSR count). The highest BCUT2D eigenvalue weighted by Crippen LogP contribution is 2.29. The van der Waals surface area contributed by atoms with Gasteiger partial charge < -0.3 is 0 Å². The van der Waals surface area contributed by atoms with E-state index in [4.69, 9.17) is 0 Å². The van der Waals surface area contributed by atoms with E-state index < -0.39 is 0 Å². The van der Waals surface area contributed by atoms with Crippen LogP contribution < -0.4 is 0 Å². The van der Waals surface area contributed by atoms with Gasteiger partial charge in [-0.05, 0) is 30.8 Å². The lowest BCUT2D eigenvalue weighted by Gasteiger charge is -2.03. The van der Waals surface area contributed by atoms with Crippen LogP contribution in [0.4, 0.5) is 0 Å². The molecule has 0 spiro atoms. The quantitative estimate of drug-likeness (QED) is 0.542. The van der Waals surface area contributed by atoms with E-state index in [9.17, 15) is 4.79 Å². The van der Waals surface area contributed by atoms with Gasteiger partial charge in [-0.25, -0.2) is 0 Å². The topological polar surface area (TPSA) is 17.1 Å². The van der Waals surface area contributed by atoms with Crippen LogP contribution in [0.25, 0.3) is 0 Å². The average Bonchev–Trinajstić information content (AvgIpc) is 2.10. The molecule has 0 radical (unpaired) electrons. The zero-order valence-electron chi connectivity index (χ0n) is 6.85.